The minimum Gasteiger partial charge on any atom is -0.481 e. The summed E-state index contributed by atoms with van der Waals surface area (Å²) in [4.78, 5) is 23.1. The van der Waals surface area contributed by atoms with E-state index in [2.05, 4.69) is 0 Å². The van der Waals surface area contributed by atoms with Gasteiger partial charge in [-0.15, -0.1) is 0 Å². The van der Waals surface area contributed by atoms with Crippen LogP contribution in [0.4, 0.5) is 0 Å². The third-order valence-corrected chi connectivity index (χ3v) is 2.71. The van der Waals surface area contributed by atoms with Crippen LogP contribution >= 0.6 is 0 Å². The Balaban J connectivity index is 2.55. The first kappa shape index (κ1) is 11.0. The van der Waals surface area contributed by atoms with Gasteiger partial charge in [-0.1, -0.05) is 0 Å². The van der Waals surface area contributed by atoms with Gasteiger partial charge >= 0.3 is 11.9 Å². The van der Waals surface area contributed by atoms with Gasteiger partial charge in [0.05, 0.1) is 5.92 Å². The quantitative estimate of drug-likeness (QED) is 0.684. The van der Waals surface area contributed by atoms with Crippen molar-refractivity contribution in [1.29, 1.82) is 0 Å². The molecule has 0 aromatic heterocycles. The molecule has 1 saturated heterocycles. The van der Waals surface area contributed by atoms with E-state index in [0.29, 0.717) is 19.5 Å². The van der Waals surface area contributed by atoms with Crippen LogP contribution < -0.4 is 0 Å². The Morgan fingerprint density at radius 2 is 2.07 bits per heavy atom. The summed E-state index contributed by atoms with van der Waals surface area (Å²) in [7, 11) is 0. The molecule has 14 heavy (non-hydrogen) atoms. The second-order valence-corrected chi connectivity index (χ2v) is 3.69. The highest BCUT2D eigenvalue weighted by Gasteiger charge is 2.30. The van der Waals surface area contributed by atoms with Crippen LogP contribution in [0.1, 0.15) is 19.8 Å². The van der Waals surface area contributed by atoms with E-state index >= 15 is 0 Å². The van der Waals surface area contributed by atoms with E-state index in [-0.39, 0.29) is 0 Å². The molecular formula is C9H15NO4. The standard InChI is InChI=1S/C9H15NO4/c1-6(8(11)12)10-4-2-3-7(5-10)9(13)14/h6-7H,2-5H2,1H3,(H,11,12)(H,13,14). The Morgan fingerprint density at radius 1 is 1.43 bits per heavy atom. The molecule has 0 aromatic rings. The van der Waals surface area contributed by atoms with Crippen molar-refractivity contribution in [3.63, 3.8) is 0 Å². The van der Waals surface area contributed by atoms with Gasteiger partial charge in [0.25, 0.3) is 0 Å². The maximum atomic E-state index is 10.7. The number of likely N-dealkylation sites (tertiary alicyclic amines) is 1. The second kappa shape index (κ2) is 4.41. The van der Waals surface area contributed by atoms with Crippen LogP contribution in [-0.4, -0.2) is 46.2 Å². The SMILES string of the molecule is CC(C(=O)O)N1CCCC(C(=O)O)C1. The zero-order valence-electron chi connectivity index (χ0n) is 8.14. The van der Waals surface area contributed by atoms with Crippen LogP contribution in [0, 0.1) is 5.92 Å². The number of rotatable bonds is 3. The molecule has 0 amide bonds. The van der Waals surface area contributed by atoms with Crippen LogP contribution in [0.25, 0.3) is 0 Å². The molecule has 0 bridgehead atoms. The smallest absolute Gasteiger partial charge is 0.320 e. The average molecular weight is 201 g/mol. The minimum atomic E-state index is -0.893. The number of carboxylic acid groups (broad SMARTS) is 2. The zero-order valence-corrected chi connectivity index (χ0v) is 8.14. The molecule has 2 N–H and O–H groups in total. The molecule has 0 saturated carbocycles. The Bertz CT molecular complexity index is 229. The molecule has 5 heteroatoms. The second-order valence-electron chi connectivity index (χ2n) is 3.69. The van der Waals surface area contributed by atoms with Gasteiger partial charge in [-0.2, -0.15) is 0 Å². The summed E-state index contributed by atoms with van der Waals surface area (Å²) in [5.41, 5.74) is 0. The number of hydrogen-bond donors (Lipinski definition) is 2. The molecule has 1 aliphatic heterocycles. The molecular weight excluding hydrogens is 186 g/mol. The molecule has 1 aliphatic rings. The normalized spacial score (nSPS) is 25.6. The van der Waals surface area contributed by atoms with E-state index in [9.17, 15) is 9.59 Å². The van der Waals surface area contributed by atoms with Crippen LogP contribution in [0.3, 0.4) is 0 Å². The largest absolute Gasteiger partial charge is 0.481 e. The summed E-state index contributed by atoms with van der Waals surface area (Å²) in [5, 5.41) is 17.6. The summed E-state index contributed by atoms with van der Waals surface area (Å²) in [6.07, 6.45) is 1.41. The molecule has 5 nitrogen and oxygen atoms in total. The van der Waals surface area contributed by atoms with Crippen LogP contribution in [0.15, 0.2) is 0 Å². The third-order valence-electron chi connectivity index (χ3n) is 2.71. The lowest BCUT2D eigenvalue weighted by Crippen LogP contribution is -2.46. The van der Waals surface area contributed by atoms with Gasteiger partial charge in [0.2, 0.25) is 0 Å². The summed E-state index contributed by atoms with van der Waals surface area (Å²) < 4.78 is 0. The fourth-order valence-electron chi connectivity index (χ4n) is 1.72. The number of piperidine rings is 1. The van der Waals surface area contributed by atoms with Crippen LogP contribution in [0.2, 0.25) is 0 Å². The van der Waals surface area contributed by atoms with Crippen molar-refractivity contribution in [2.45, 2.75) is 25.8 Å². The maximum Gasteiger partial charge on any atom is 0.320 e. The van der Waals surface area contributed by atoms with Crippen molar-refractivity contribution in [3.05, 3.63) is 0 Å². The van der Waals surface area contributed by atoms with Gasteiger partial charge in [0.1, 0.15) is 6.04 Å². The van der Waals surface area contributed by atoms with Crippen molar-refractivity contribution < 1.29 is 19.8 Å². The van der Waals surface area contributed by atoms with Crippen molar-refractivity contribution in [3.8, 4) is 0 Å². The van der Waals surface area contributed by atoms with E-state index < -0.39 is 23.9 Å². The Hall–Kier alpha value is -1.10. The van der Waals surface area contributed by atoms with Gasteiger partial charge in [-0.05, 0) is 26.3 Å². The predicted molar refractivity (Wildman–Crippen MR) is 49.0 cm³/mol. The van der Waals surface area contributed by atoms with Gasteiger partial charge in [-0.3, -0.25) is 14.5 Å². The van der Waals surface area contributed by atoms with Crippen molar-refractivity contribution in [2.75, 3.05) is 13.1 Å². The molecule has 1 fully saturated rings. The maximum absolute atomic E-state index is 10.7. The molecule has 1 heterocycles. The predicted octanol–water partition coefficient (Wildman–Crippen LogP) is 0.256. The first-order valence-electron chi connectivity index (χ1n) is 4.72. The summed E-state index contributed by atoms with van der Waals surface area (Å²) in [6.45, 7) is 2.62. The highest BCUT2D eigenvalue weighted by atomic mass is 16.4. The lowest BCUT2D eigenvalue weighted by atomic mass is 9.97. The van der Waals surface area contributed by atoms with E-state index in [1.165, 1.54) is 0 Å². The van der Waals surface area contributed by atoms with Gasteiger partial charge in [-0.25, -0.2) is 0 Å². The molecule has 0 spiro atoms. The summed E-state index contributed by atoms with van der Waals surface area (Å²) in [5.74, 6) is -2.13. The topological polar surface area (TPSA) is 77.8 Å². The first-order chi connectivity index (χ1) is 6.52. The van der Waals surface area contributed by atoms with Crippen LogP contribution in [0.5, 0.6) is 0 Å². The van der Waals surface area contributed by atoms with Crippen molar-refractivity contribution in [1.82, 2.24) is 4.90 Å². The fraction of sp³-hybridized carbons (Fsp3) is 0.778. The number of nitrogens with zero attached hydrogens (tertiary/aromatic N) is 1. The van der Waals surface area contributed by atoms with E-state index in [1.54, 1.807) is 11.8 Å². The van der Waals surface area contributed by atoms with Gasteiger partial charge in [0.15, 0.2) is 0 Å². The van der Waals surface area contributed by atoms with Crippen molar-refractivity contribution in [2.24, 2.45) is 5.92 Å². The van der Waals surface area contributed by atoms with Crippen LogP contribution in [-0.2, 0) is 9.59 Å². The Labute approximate surface area is 82.3 Å². The number of carbonyl (C=O) groups is 2. The molecule has 80 valence electrons. The lowest BCUT2D eigenvalue weighted by molar-refractivity contribution is -0.148. The monoisotopic (exact) mass is 201 g/mol. The highest BCUT2D eigenvalue weighted by molar-refractivity contribution is 5.73. The van der Waals surface area contributed by atoms with Crippen molar-refractivity contribution >= 4 is 11.9 Å². The highest BCUT2D eigenvalue weighted by Crippen LogP contribution is 2.18. The molecule has 1 rings (SSSR count). The lowest BCUT2D eigenvalue weighted by Gasteiger charge is -2.33. The molecule has 2 atom stereocenters. The number of hydrogen-bond acceptors (Lipinski definition) is 3. The number of aliphatic carboxylic acids is 2. The summed E-state index contributed by atoms with van der Waals surface area (Å²) in [6, 6.07) is -0.586. The Morgan fingerprint density at radius 3 is 2.57 bits per heavy atom. The van der Waals surface area contributed by atoms with Gasteiger partial charge in [0, 0.05) is 6.54 Å². The van der Waals surface area contributed by atoms with E-state index in [0.717, 1.165) is 6.42 Å². The minimum absolute atomic E-state index is 0.350. The Kier molecular flexibility index (Phi) is 3.46. The molecule has 2 unspecified atom stereocenters. The number of carboxylic acids is 2. The summed E-state index contributed by atoms with van der Waals surface area (Å²) >= 11 is 0. The van der Waals surface area contributed by atoms with E-state index in [4.69, 9.17) is 10.2 Å². The first-order valence-corrected chi connectivity index (χ1v) is 4.72. The molecule has 0 aromatic carbocycles. The molecule has 0 radical (unpaired) electrons. The molecule has 0 aliphatic carbocycles. The fourth-order valence-corrected chi connectivity index (χ4v) is 1.72. The average Bonchev–Trinajstić information content (AvgIpc) is 2.16. The van der Waals surface area contributed by atoms with E-state index in [1.807, 2.05) is 0 Å². The third kappa shape index (κ3) is 2.45. The zero-order chi connectivity index (χ0) is 10.7. The van der Waals surface area contributed by atoms with Gasteiger partial charge < -0.3 is 10.2 Å².